The van der Waals surface area contributed by atoms with E-state index in [1.165, 1.54) is 0 Å². The molecular weight excluding hydrogens is 220 g/mol. The maximum absolute atomic E-state index is 11.6. The van der Waals surface area contributed by atoms with Crippen LogP contribution in [0, 0.1) is 0 Å². The summed E-state index contributed by atoms with van der Waals surface area (Å²) in [6.07, 6.45) is 0. The van der Waals surface area contributed by atoms with E-state index in [1.807, 2.05) is 0 Å². The quantitative estimate of drug-likeness (QED) is 0.557. The Morgan fingerprint density at radius 3 is 2.80 bits per heavy atom. The summed E-state index contributed by atoms with van der Waals surface area (Å²) in [5.74, 6) is -0.313. The summed E-state index contributed by atoms with van der Waals surface area (Å²) < 4.78 is 4.87. The molecule has 1 rings (SSSR count). The van der Waals surface area contributed by atoms with Crippen LogP contribution in [0.25, 0.3) is 0 Å². The normalized spacial score (nSPS) is 20.7. The van der Waals surface area contributed by atoms with Gasteiger partial charge < -0.3 is 15.4 Å². The molecule has 2 N–H and O–H groups in total. The lowest BCUT2D eigenvalue weighted by Crippen LogP contribution is -2.50. The Morgan fingerprint density at radius 2 is 2.27 bits per heavy atom. The molecule has 0 bridgehead atoms. The number of hydrogen-bond acceptors (Lipinski definition) is 3. The Morgan fingerprint density at radius 1 is 1.60 bits per heavy atom. The highest BCUT2D eigenvalue weighted by atomic mass is 35.5. The number of carbonyl (C=O) groups excluding carboxylic acids is 2. The highest BCUT2D eigenvalue weighted by Crippen LogP contribution is 2.14. The Kier molecular flexibility index (Phi) is 3.96. The van der Waals surface area contributed by atoms with Crippen LogP contribution in [0.1, 0.15) is 13.8 Å². The fourth-order valence-corrected chi connectivity index (χ4v) is 1.62. The Bertz CT molecular complexity index is 314. The number of urea groups is 1. The summed E-state index contributed by atoms with van der Waals surface area (Å²) in [6.45, 7) is 3.65. The average molecular weight is 233 g/mol. The van der Waals surface area contributed by atoms with E-state index in [0.717, 1.165) is 0 Å². The third kappa shape index (κ3) is 2.62. The molecule has 0 spiro atoms. The smallest absolute Gasteiger partial charge is 0.337 e. The molecule has 1 aliphatic rings. The number of rotatable bonds is 3. The lowest BCUT2D eigenvalue weighted by Gasteiger charge is -2.26. The summed E-state index contributed by atoms with van der Waals surface area (Å²) in [5, 5.41) is 5.05. The minimum atomic E-state index is -0.487. The number of amides is 2. The summed E-state index contributed by atoms with van der Waals surface area (Å²) in [5.41, 5.74) is 0.870. The van der Waals surface area contributed by atoms with Gasteiger partial charge in [-0.15, -0.1) is 11.6 Å². The lowest BCUT2D eigenvalue weighted by molar-refractivity contribution is -0.138. The van der Waals surface area contributed by atoms with E-state index in [1.54, 1.807) is 13.8 Å². The molecule has 1 heterocycles. The van der Waals surface area contributed by atoms with Crippen LogP contribution in [-0.2, 0) is 9.53 Å². The number of allylic oxidation sites excluding steroid dienone is 1. The fraction of sp³-hybridized carbons (Fsp3) is 0.556. The van der Waals surface area contributed by atoms with E-state index >= 15 is 0 Å². The molecule has 0 aliphatic carbocycles. The third-order valence-electron chi connectivity index (χ3n) is 2.01. The van der Waals surface area contributed by atoms with Gasteiger partial charge in [0.1, 0.15) is 0 Å². The molecule has 0 aromatic rings. The van der Waals surface area contributed by atoms with Crippen LogP contribution in [0.3, 0.4) is 0 Å². The van der Waals surface area contributed by atoms with Gasteiger partial charge in [0, 0.05) is 11.6 Å². The predicted octanol–water partition coefficient (Wildman–Crippen LogP) is 0.744. The fourth-order valence-electron chi connectivity index (χ4n) is 1.39. The molecule has 1 aliphatic heterocycles. The molecule has 6 heteroatoms. The van der Waals surface area contributed by atoms with Crippen molar-refractivity contribution in [2.45, 2.75) is 19.9 Å². The first-order valence-electron chi connectivity index (χ1n) is 4.61. The second kappa shape index (κ2) is 5.02. The maximum atomic E-state index is 11.6. The highest BCUT2D eigenvalue weighted by molar-refractivity contribution is 6.19. The van der Waals surface area contributed by atoms with E-state index in [0.29, 0.717) is 17.9 Å². The zero-order valence-electron chi connectivity index (χ0n) is 8.59. The molecule has 0 radical (unpaired) electrons. The largest absolute Gasteiger partial charge is 0.463 e. The molecule has 2 amide bonds. The SMILES string of the molecule is CCOC(=O)C1=C(C)NC(=O)N[C@H]1CCl. The van der Waals surface area contributed by atoms with Gasteiger partial charge in [-0.25, -0.2) is 9.59 Å². The topological polar surface area (TPSA) is 67.4 Å². The van der Waals surface area contributed by atoms with E-state index in [4.69, 9.17) is 16.3 Å². The first kappa shape index (κ1) is 11.8. The first-order chi connectivity index (χ1) is 7.10. The summed E-state index contributed by atoms with van der Waals surface area (Å²) in [7, 11) is 0. The van der Waals surface area contributed by atoms with Gasteiger partial charge in [-0.05, 0) is 13.8 Å². The number of alkyl halides is 1. The van der Waals surface area contributed by atoms with Crippen molar-refractivity contribution < 1.29 is 14.3 Å². The molecule has 84 valence electrons. The first-order valence-corrected chi connectivity index (χ1v) is 5.15. The van der Waals surface area contributed by atoms with Gasteiger partial charge >= 0.3 is 12.0 Å². The molecule has 0 fully saturated rings. The van der Waals surface area contributed by atoms with Crippen LogP contribution in [0.2, 0.25) is 0 Å². The number of ether oxygens (including phenoxy) is 1. The van der Waals surface area contributed by atoms with Gasteiger partial charge in [-0.1, -0.05) is 0 Å². The van der Waals surface area contributed by atoms with Gasteiger partial charge in [0.05, 0.1) is 18.2 Å². The number of carbonyl (C=O) groups is 2. The van der Waals surface area contributed by atoms with Crippen molar-refractivity contribution in [3.8, 4) is 0 Å². The van der Waals surface area contributed by atoms with Crippen molar-refractivity contribution in [3.63, 3.8) is 0 Å². The second-order valence-electron chi connectivity index (χ2n) is 3.06. The molecule has 0 unspecified atom stereocenters. The maximum Gasteiger partial charge on any atom is 0.337 e. The molecule has 0 saturated heterocycles. The van der Waals surface area contributed by atoms with Gasteiger partial charge in [-0.3, -0.25) is 0 Å². The minimum Gasteiger partial charge on any atom is -0.463 e. The van der Waals surface area contributed by atoms with Gasteiger partial charge in [0.25, 0.3) is 0 Å². The highest BCUT2D eigenvalue weighted by Gasteiger charge is 2.29. The Balaban J connectivity index is 2.93. The zero-order chi connectivity index (χ0) is 11.4. The van der Waals surface area contributed by atoms with Crippen molar-refractivity contribution >= 4 is 23.6 Å². The van der Waals surface area contributed by atoms with Crippen molar-refractivity contribution in [3.05, 3.63) is 11.3 Å². The third-order valence-corrected chi connectivity index (χ3v) is 2.32. The molecule has 0 aromatic heterocycles. The molecule has 15 heavy (non-hydrogen) atoms. The predicted molar refractivity (Wildman–Crippen MR) is 55.5 cm³/mol. The Labute approximate surface area is 92.8 Å². The van der Waals surface area contributed by atoms with Gasteiger partial charge in [0.15, 0.2) is 0 Å². The van der Waals surface area contributed by atoms with Gasteiger partial charge in [0.2, 0.25) is 0 Å². The van der Waals surface area contributed by atoms with Crippen LogP contribution in [0.15, 0.2) is 11.3 Å². The number of esters is 1. The minimum absolute atomic E-state index is 0.138. The number of nitrogens with one attached hydrogen (secondary N) is 2. The number of hydrogen-bond donors (Lipinski definition) is 2. The van der Waals surface area contributed by atoms with E-state index in [2.05, 4.69) is 10.6 Å². The van der Waals surface area contributed by atoms with Crippen LogP contribution in [0.4, 0.5) is 4.79 Å². The van der Waals surface area contributed by atoms with Crippen molar-refractivity contribution in [2.75, 3.05) is 12.5 Å². The average Bonchev–Trinajstić information content (AvgIpc) is 2.16. The summed E-state index contributed by atoms with van der Waals surface area (Å²) in [4.78, 5) is 22.7. The van der Waals surface area contributed by atoms with Gasteiger partial charge in [-0.2, -0.15) is 0 Å². The lowest BCUT2D eigenvalue weighted by atomic mass is 10.1. The van der Waals surface area contributed by atoms with Crippen molar-refractivity contribution in [1.29, 1.82) is 0 Å². The molecule has 0 aromatic carbocycles. The van der Waals surface area contributed by atoms with Crippen molar-refractivity contribution in [2.24, 2.45) is 0 Å². The van der Waals surface area contributed by atoms with Crippen LogP contribution in [0.5, 0.6) is 0 Å². The molecule has 1 atom stereocenters. The zero-order valence-corrected chi connectivity index (χ0v) is 9.35. The van der Waals surface area contributed by atoms with Crippen LogP contribution in [-0.4, -0.2) is 30.5 Å². The summed E-state index contributed by atoms with van der Waals surface area (Å²) in [6, 6.07) is -0.842. The standard InChI is InChI=1S/C9H13ClN2O3/c1-3-15-8(13)7-5(2)11-9(14)12-6(7)4-10/h6H,3-4H2,1-2H3,(H2,11,12,14)/t6-/m0/s1. The van der Waals surface area contributed by atoms with E-state index in [9.17, 15) is 9.59 Å². The molecule has 0 saturated carbocycles. The van der Waals surface area contributed by atoms with Crippen LogP contribution >= 0.6 is 11.6 Å². The van der Waals surface area contributed by atoms with Crippen molar-refractivity contribution in [1.82, 2.24) is 10.6 Å². The summed E-state index contributed by atoms with van der Waals surface area (Å²) >= 11 is 5.67. The molecule has 5 nitrogen and oxygen atoms in total. The Hall–Kier alpha value is -1.23. The van der Waals surface area contributed by atoms with E-state index in [-0.39, 0.29) is 11.9 Å². The monoisotopic (exact) mass is 232 g/mol. The molecular formula is C9H13ClN2O3. The number of halogens is 1. The van der Waals surface area contributed by atoms with Crippen LogP contribution < -0.4 is 10.6 Å². The van der Waals surface area contributed by atoms with E-state index < -0.39 is 12.0 Å². The second-order valence-corrected chi connectivity index (χ2v) is 3.37.